The van der Waals surface area contributed by atoms with Gasteiger partial charge < -0.3 is 23.4 Å². The van der Waals surface area contributed by atoms with Gasteiger partial charge in [0.15, 0.2) is 16.6 Å². The van der Waals surface area contributed by atoms with Gasteiger partial charge in [-0.2, -0.15) is 0 Å². The molecular formula is C40H72O5Si2. The zero-order valence-corrected chi connectivity index (χ0v) is 34.9. The summed E-state index contributed by atoms with van der Waals surface area (Å²) in [5, 5.41) is 11.6. The van der Waals surface area contributed by atoms with Gasteiger partial charge in [-0.05, 0) is 130 Å². The van der Waals surface area contributed by atoms with Crippen molar-refractivity contribution in [3.8, 4) is 0 Å². The van der Waals surface area contributed by atoms with Crippen LogP contribution in [0.15, 0.2) is 47.1 Å². The lowest BCUT2D eigenvalue weighted by Crippen LogP contribution is -2.49. The first kappa shape index (κ1) is 40.6. The van der Waals surface area contributed by atoms with E-state index in [4.69, 9.17) is 18.3 Å². The molecule has 0 bridgehead atoms. The second-order valence-electron chi connectivity index (χ2n) is 18.7. The molecule has 3 aliphatic carbocycles. The van der Waals surface area contributed by atoms with Crippen LogP contribution in [0.2, 0.25) is 36.3 Å². The van der Waals surface area contributed by atoms with E-state index in [9.17, 15) is 5.11 Å². The van der Waals surface area contributed by atoms with Crippen LogP contribution in [0.3, 0.4) is 0 Å². The number of rotatable bonds is 12. The van der Waals surface area contributed by atoms with E-state index in [1.165, 1.54) is 16.7 Å². The van der Waals surface area contributed by atoms with Gasteiger partial charge in [0.05, 0.1) is 23.9 Å². The van der Waals surface area contributed by atoms with Gasteiger partial charge in [-0.25, -0.2) is 0 Å². The van der Waals surface area contributed by atoms with Crippen LogP contribution in [0.4, 0.5) is 0 Å². The van der Waals surface area contributed by atoms with Crippen LogP contribution in [-0.2, 0) is 18.3 Å². The van der Waals surface area contributed by atoms with Crippen molar-refractivity contribution >= 4 is 16.6 Å². The molecule has 0 aromatic carbocycles. The molecule has 270 valence electrons. The second kappa shape index (κ2) is 15.2. The minimum absolute atomic E-state index is 0.00953. The summed E-state index contributed by atoms with van der Waals surface area (Å²) in [6, 6.07) is 0. The number of ether oxygens (including phenoxy) is 2. The maximum absolute atomic E-state index is 11.4. The fourth-order valence-corrected chi connectivity index (χ4v) is 9.98. The van der Waals surface area contributed by atoms with E-state index in [0.29, 0.717) is 12.7 Å². The number of unbranched alkanes of at least 4 members (excludes halogenated alkanes) is 1. The number of allylic oxidation sites excluding steroid dienone is 4. The molecule has 5 nitrogen and oxygen atoms in total. The van der Waals surface area contributed by atoms with E-state index in [2.05, 4.69) is 113 Å². The van der Waals surface area contributed by atoms with Crippen molar-refractivity contribution in [1.29, 1.82) is 0 Å². The van der Waals surface area contributed by atoms with Gasteiger partial charge in [0.1, 0.15) is 6.79 Å². The number of aliphatic hydroxyl groups is 1. The van der Waals surface area contributed by atoms with Crippen molar-refractivity contribution in [2.45, 2.75) is 180 Å². The molecule has 5 atom stereocenters. The van der Waals surface area contributed by atoms with Crippen LogP contribution in [0.1, 0.15) is 120 Å². The number of hydrogen-bond donors (Lipinski definition) is 1. The highest BCUT2D eigenvalue weighted by atomic mass is 28.4. The monoisotopic (exact) mass is 688 g/mol. The molecule has 0 aromatic rings. The summed E-state index contributed by atoms with van der Waals surface area (Å²) < 4.78 is 25.1. The summed E-state index contributed by atoms with van der Waals surface area (Å²) in [4.78, 5) is 0. The van der Waals surface area contributed by atoms with Crippen LogP contribution in [0, 0.1) is 11.3 Å². The molecule has 3 fully saturated rings. The van der Waals surface area contributed by atoms with E-state index in [1.54, 1.807) is 7.11 Å². The van der Waals surface area contributed by atoms with Crippen LogP contribution >= 0.6 is 0 Å². The van der Waals surface area contributed by atoms with Gasteiger partial charge in [0, 0.05) is 13.5 Å². The molecule has 47 heavy (non-hydrogen) atoms. The van der Waals surface area contributed by atoms with Gasteiger partial charge in [0.25, 0.3) is 0 Å². The molecule has 1 N–H and O–H groups in total. The fourth-order valence-electron chi connectivity index (χ4n) is 7.32. The molecular weight excluding hydrogens is 617 g/mol. The number of hydrogen-bond acceptors (Lipinski definition) is 5. The summed E-state index contributed by atoms with van der Waals surface area (Å²) in [6.07, 6.45) is 15.7. The van der Waals surface area contributed by atoms with Crippen molar-refractivity contribution in [3.05, 3.63) is 47.1 Å². The lowest BCUT2D eigenvalue weighted by atomic mass is 9.65. The van der Waals surface area contributed by atoms with E-state index in [1.807, 2.05) is 0 Å². The number of aliphatic hydroxyl groups excluding tert-OH is 1. The summed E-state index contributed by atoms with van der Waals surface area (Å²) >= 11 is 0. The SMILES string of the molecule is C=C1/C(=C\C=C2/CCC[C@]3(C)/C(=C\CCCC(C)(C)OCOC)[C@H](O)C[C@@H]23)C[C@@H](O[Si](C)(C)C(C)(C)C)C[C@@H]1O[Si](C)(C)C(C)(C)C. The molecule has 0 aliphatic heterocycles. The topological polar surface area (TPSA) is 57.2 Å². The van der Waals surface area contributed by atoms with Crippen LogP contribution < -0.4 is 0 Å². The van der Waals surface area contributed by atoms with Gasteiger partial charge >= 0.3 is 0 Å². The van der Waals surface area contributed by atoms with Crippen molar-refractivity contribution in [2.24, 2.45) is 11.3 Å². The largest absolute Gasteiger partial charge is 0.413 e. The summed E-state index contributed by atoms with van der Waals surface area (Å²) in [5.74, 6) is 0.367. The Balaban J connectivity index is 1.86. The van der Waals surface area contributed by atoms with E-state index >= 15 is 0 Å². The Morgan fingerprint density at radius 1 is 0.936 bits per heavy atom. The summed E-state index contributed by atoms with van der Waals surface area (Å²) in [5.41, 5.74) is 4.93. The first-order valence-electron chi connectivity index (χ1n) is 18.4. The molecule has 0 spiro atoms. The Bertz CT molecular complexity index is 1180. The molecule has 0 aromatic heterocycles. The quantitative estimate of drug-likeness (QED) is 0.0957. The average Bonchev–Trinajstić information content (AvgIpc) is 3.18. The zero-order chi connectivity index (χ0) is 35.6. The van der Waals surface area contributed by atoms with E-state index < -0.39 is 16.6 Å². The maximum Gasteiger partial charge on any atom is 0.192 e. The van der Waals surface area contributed by atoms with E-state index in [-0.39, 0.29) is 39.4 Å². The Hall–Kier alpha value is -0.806. The van der Waals surface area contributed by atoms with Gasteiger partial charge in [-0.1, -0.05) is 78.8 Å². The summed E-state index contributed by atoms with van der Waals surface area (Å²) in [6.45, 7) is 34.9. The Morgan fingerprint density at radius 3 is 2.15 bits per heavy atom. The second-order valence-corrected chi connectivity index (χ2v) is 28.2. The fraction of sp³-hybridized carbons (Fsp3) is 0.800. The lowest BCUT2D eigenvalue weighted by Gasteiger charge is -2.45. The molecule has 3 saturated carbocycles. The lowest BCUT2D eigenvalue weighted by molar-refractivity contribution is -0.117. The molecule has 0 amide bonds. The third-order valence-electron chi connectivity index (χ3n) is 12.5. The van der Waals surface area contributed by atoms with Crippen LogP contribution in [-0.4, -0.2) is 59.6 Å². The Morgan fingerprint density at radius 2 is 1.55 bits per heavy atom. The molecule has 0 radical (unpaired) electrons. The first-order valence-corrected chi connectivity index (χ1v) is 24.2. The zero-order valence-electron chi connectivity index (χ0n) is 32.9. The molecule has 0 heterocycles. The standard InChI is InChI=1S/C40H72O5Si2/c1-29-31(25-32(44-46(12,13)37(2,3)4)26-36(29)45-47(14,15)38(5,6)7)22-21-30-19-18-24-40(10)33(35(41)27-34(30)40)20-16-17-23-39(8,9)43-28-42-11/h20-22,32,34-36,41H,1,16-19,23-28H2,2-15H3/b30-21+,31-22-,33-20-/t32-,34+,35-,36+,40-/m1/s1. The van der Waals surface area contributed by atoms with Crippen LogP contribution in [0.25, 0.3) is 0 Å². The van der Waals surface area contributed by atoms with Crippen LogP contribution in [0.5, 0.6) is 0 Å². The molecule has 0 unspecified atom stereocenters. The van der Waals surface area contributed by atoms with Gasteiger partial charge in [0.2, 0.25) is 0 Å². The van der Waals surface area contributed by atoms with Crippen molar-refractivity contribution in [3.63, 3.8) is 0 Å². The third-order valence-corrected chi connectivity index (χ3v) is 21.5. The highest BCUT2D eigenvalue weighted by molar-refractivity contribution is 6.74. The Labute approximate surface area is 291 Å². The highest BCUT2D eigenvalue weighted by Crippen LogP contribution is 2.57. The first-order chi connectivity index (χ1) is 21.4. The average molecular weight is 689 g/mol. The van der Waals surface area contributed by atoms with Crippen molar-refractivity contribution in [2.75, 3.05) is 13.9 Å². The molecule has 7 heteroatoms. The normalized spacial score (nSPS) is 30.9. The minimum Gasteiger partial charge on any atom is -0.413 e. The number of methoxy groups -OCH3 is 1. The third kappa shape index (κ3) is 9.92. The van der Waals surface area contributed by atoms with Gasteiger partial charge in [-0.15, -0.1) is 0 Å². The molecule has 0 saturated heterocycles. The molecule has 3 rings (SSSR count). The van der Waals surface area contributed by atoms with Crippen molar-refractivity contribution in [1.82, 2.24) is 0 Å². The predicted octanol–water partition coefficient (Wildman–Crippen LogP) is 11.0. The van der Waals surface area contributed by atoms with Gasteiger partial charge in [-0.3, -0.25) is 0 Å². The van der Waals surface area contributed by atoms with Crippen molar-refractivity contribution < 1.29 is 23.4 Å². The minimum atomic E-state index is -2.01. The Kier molecular flexibility index (Phi) is 13.1. The number of fused-ring (bicyclic) bond motifs is 1. The smallest absolute Gasteiger partial charge is 0.192 e. The molecule has 3 aliphatic rings. The maximum atomic E-state index is 11.4. The predicted molar refractivity (Wildman–Crippen MR) is 204 cm³/mol. The highest BCUT2D eigenvalue weighted by Gasteiger charge is 2.50. The van der Waals surface area contributed by atoms with E-state index in [0.717, 1.165) is 63.4 Å². The summed E-state index contributed by atoms with van der Waals surface area (Å²) in [7, 11) is -2.31.